The lowest BCUT2D eigenvalue weighted by atomic mass is 10.2. The van der Waals surface area contributed by atoms with E-state index >= 15 is 0 Å². The minimum atomic E-state index is -3.79. The van der Waals surface area contributed by atoms with E-state index in [4.69, 9.17) is 5.11 Å². The van der Waals surface area contributed by atoms with Crippen molar-refractivity contribution in [3.05, 3.63) is 29.6 Å². The minimum Gasteiger partial charge on any atom is -0.392 e. The van der Waals surface area contributed by atoms with Crippen molar-refractivity contribution >= 4 is 10.0 Å². The van der Waals surface area contributed by atoms with Gasteiger partial charge in [0.05, 0.1) is 6.61 Å². The molecule has 1 N–H and O–H groups in total. The van der Waals surface area contributed by atoms with Crippen molar-refractivity contribution < 1.29 is 17.9 Å². The van der Waals surface area contributed by atoms with Crippen LogP contribution in [0, 0.1) is 5.82 Å². The van der Waals surface area contributed by atoms with E-state index in [2.05, 4.69) is 0 Å². The van der Waals surface area contributed by atoms with Gasteiger partial charge in [-0.15, -0.1) is 0 Å². The molecule has 0 aliphatic heterocycles. The Kier molecular flexibility index (Phi) is 5.25. The summed E-state index contributed by atoms with van der Waals surface area (Å²) in [4.78, 5) is -0.349. The summed E-state index contributed by atoms with van der Waals surface area (Å²) in [5, 5.41) is 8.85. The number of rotatable bonds is 6. The molecule has 0 heterocycles. The molecule has 0 saturated heterocycles. The Morgan fingerprint density at radius 2 is 2.06 bits per heavy atom. The highest BCUT2D eigenvalue weighted by molar-refractivity contribution is 7.89. The average Bonchev–Trinajstić information content (AvgIpc) is 2.35. The van der Waals surface area contributed by atoms with Crippen molar-refractivity contribution in [2.45, 2.75) is 31.3 Å². The molecule has 0 saturated carbocycles. The Labute approximate surface area is 107 Å². The van der Waals surface area contributed by atoms with E-state index < -0.39 is 15.8 Å². The quantitative estimate of drug-likeness (QED) is 0.860. The topological polar surface area (TPSA) is 57.6 Å². The monoisotopic (exact) mass is 275 g/mol. The molecule has 0 fully saturated rings. The molecular weight excluding hydrogens is 257 g/mol. The number of nitrogens with zero attached hydrogens (tertiary/aromatic N) is 1. The van der Waals surface area contributed by atoms with Crippen LogP contribution in [-0.4, -0.2) is 31.4 Å². The molecule has 0 spiro atoms. The largest absolute Gasteiger partial charge is 0.392 e. The van der Waals surface area contributed by atoms with E-state index in [-0.39, 0.29) is 11.5 Å². The van der Waals surface area contributed by atoms with E-state index in [0.717, 1.165) is 23.2 Å². The van der Waals surface area contributed by atoms with E-state index in [1.807, 2.05) is 6.92 Å². The van der Waals surface area contributed by atoms with Gasteiger partial charge in [0.25, 0.3) is 0 Å². The first-order chi connectivity index (χ1) is 8.43. The summed E-state index contributed by atoms with van der Waals surface area (Å²) in [6, 6.07) is 3.64. The van der Waals surface area contributed by atoms with E-state index in [1.165, 1.54) is 19.2 Å². The molecule has 1 aromatic carbocycles. The molecule has 0 radical (unpaired) electrons. The molecule has 0 bridgehead atoms. The first-order valence-corrected chi connectivity index (χ1v) is 7.23. The number of aliphatic hydroxyl groups excluding tert-OH is 1. The molecular formula is C12H18FNO3S. The third-order valence-electron chi connectivity index (χ3n) is 2.69. The van der Waals surface area contributed by atoms with Gasteiger partial charge in [-0.25, -0.2) is 17.1 Å². The molecule has 0 unspecified atom stereocenters. The SMILES string of the molecule is CCCCN(C)S(=O)(=O)c1ccc(CO)cc1F. The van der Waals surface area contributed by atoms with Gasteiger partial charge >= 0.3 is 0 Å². The van der Waals surface area contributed by atoms with E-state index in [9.17, 15) is 12.8 Å². The highest BCUT2D eigenvalue weighted by Crippen LogP contribution is 2.20. The number of unbranched alkanes of at least 4 members (excludes halogenated alkanes) is 1. The normalized spacial score (nSPS) is 12.1. The van der Waals surface area contributed by atoms with Crippen LogP contribution in [0.1, 0.15) is 25.3 Å². The van der Waals surface area contributed by atoms with E-state index in [0.29, 0.717) is 12.1 Å². The summed E-state index contributed by atoms with van der Waals surface area (Å²) in [7, 11) is -2.36. The van der Waals surface area contributed by atoms with Gasteiger partial charge in [0.15, 0.2) is 0 Å². The zero-order chi connectivity index (χ0) is 13.8. The maximum atomic E-state index is 13.7. The number of halogens is 1. The van der Waals surface area contributed by atoms with Crippen LogP contribution in [0.25, 0.3) is 0 Å². The first kappa shape index (κ1) is 15.1. The maximum Gasteiger partial charge on any atom is 0.245 e. The lowest BCUT2D eigenvalue weighted by Crippen LogP contribution is -2.28. The molecule has 0 aliphatic rings. The predicted molar refractivity (Wildman–Crippen MR) is 67.0 cm³/mol. The highest BCUT2D eigenvalue weighted by Gasteiger charge is 2.23. The lowest BCUT2D eigenvalue weighted by molar-refractivity contribution is 0.281. The summed E-state index contributed by atoms with van der Waals surface area (Å²) in [6.07, 6.45) is 1.60. The van der Waals surface area contributed by atoms with Crippen LogP contribution in [0.15, 0.2) is 23.1 Å². The Bertz CT molecular complexity index is 502. The lowest BCUT2D eigenvalue weighted by Gasteiger charge is -2.17. The Balaban J connectivity index is 3.05. The van der Waals surface area contributed by atoms with Gasteiger partial charge in [-0.3, -0.25) is 0 Å². The Morgan fingerprint density at radius 3 is 2.56 bits per heavy atom. The standard InChI is InChI=1S/C12H18FNO3S/c1-3-4-7-14(2)18(16,17)12-6-5-10(9-15)8-11(12)13/h5-6,8,15H,3-4,7,9H2,1-2H3. The highest BCUT2D eigenvalue weighted by atomic mass is 32.2. The van der Waals surface area contributed by atoms with Gasteiger partial charge in [-0.1, -0.05) is 19.4 Å². The average molecular weight is 275 g/mol. The molecule has 1 aromatic rings. The van der Waals surface area contributed by atoms with E-state index in [1.54, 1.807) is 0 Å². The molecule has 1 rings (SSSR count). The molecule has 18 heavy (non-hydrogen) atoms. The molecule has 0 amide bonds. The first-order valence-electron chi connectivity index (χ1n) is 5.79. The van der Waals surface area contributed by atoms with Gasteiger partial charge < -0.3 is 5.11 Å². The fraction of sp³-hybridized carbons (Fsp3) is 0.500. The summed E-state index contributed by atoms with van der Waals surface area (Å²) in [5.74, 6) is -0.829. The molecule has 0 aromatic heterocycles. The van der Waals surface area contributed by atoms with Gasteiger partial charge in [-0.2, -0.15) is 0 Å². The van der Waals surface area contributed by atoms with Crippen LogP contribution in [0.4, 0.5) is 4.39 Å². The maximum absolute atomic E-state index is 13.7. The molecule has 4 nitrogen and oxygen atoms in total. The third kappa shape index (κ3) is 3.28. The fourth-order valence-electron chi connectivity index (χ4n) is 1.52. The van der Waals surface area contributed by atoms with Crippen molar-refractivity contribution in [1.82, 2.24) is 4.31 Å². The van der Waals surface area contributed by atoms with Crippen LogP contribution >= 0.6 is 0 Å². The van der Waals surface area contributed by atoms with Crippen molar-refractivity contribution in [1.29, 1.82) is 0 Å². The second kappa shape index (κ2) is 6.26. The fourth-order valence-corrected chi connectivity index (χ4v) is 2.77. The van der Waals surface area contributed by atoms with Gasteiger partial charge in [-0.05, 0) is 24.1 Å². The van der Waals surface area contributed by atoms with Crippen molar-refractivity contribution in [3.8, 4) is 0 Å². The summed E-state index contributed by atoms with van der Waals surface area (Å²) in [5.41, 5.74) is 0.350. The van der Waals surface area contributed by atoms with Crippen LogP contribution in [0.5, 0.6) is 0 Å². The minimum absolute atomic E-state index is 0.317. The number of sulfonamides is 1. The smallest absolute Gasteiger partial charge is 0.245 e. The third-order valence-corrected chi connectivity index (χ3v) is 4.58. The predicted octanol–water partition coefficient (Wildman–Crippen LogP) is 1.74. The van der Waals surface area contributed by atoms with Gasteiger partial charge in [0, 0.05) is 13.6 Å². The Morgan fingerprint density at radius 1 is 1.39 bits per heavy atom. The van der Waals surface area contributed by atoms with Gasteiger partial charge in [0.2, 0.25) is 10.0 Å². The summed E-state index contributed by atoms with van der Waals surface area (Å²) in [6.45, 7) is 2.00. The zero-order valence-electron chi connectivity index (χ0n) is 10.6. The molecule has 0 atom stereocenters. The molecule has 0 aliphatic carbocycles. The summed E-state index contributed by atoms with van der Waals surface area (Å²) < 4.78 is 39.0. The zero-order valence-corrected chi connectivity index (χ0v) is 11.4. The number of aliphatic hydroxyl groups is 1. The summed E-state index contributed by atoms with van der Waals surface area (Å²) >= 11 is 0. The van der Waals surface area contributed by atoms with Crippen LogP contribution < -0.4 is 0 Å². The van der Waals surface area contributed by atoms with Crippen LogP contribution in [-0.2, 0) is 16.6 Å². The second-order valence-electron chi connectivity index (χ2n) is 4.10. The Hall–Kier alpha value is -0.980. The van der Waals surface area contributed by atoms with Crippen LogP contribution in [0.3, 0.4) is 0 Å². The molecule has 102 valence electrons. The van der Waals surface area contributed by atoms with Crippen molar-refractivity contribution in [2.75, 3.05) is 13.6 Å². The van der Waals surface area contributed by atoms with Gasteiger partial charge in [0.1, 0.15) is 10.7 Å². The number of hydrogen-bond donors (Lipinski definition) is 1. The number of hydrogen-bond acceptors (Lipinski definition) is 3. The number of benzene rings is 1. The van der Waals surface area contributed by atoms with Crippen LogP contribution in [0.2, 0.25) is 0 Å². The van der Waals surface area contributed by atoms with Crippen molar-refractivity contribution in [3.63, 3.8) is 0 Å². The molecule has 6 heteroatoms. The van der Waals surface area contributed by atoms with Crippen molar-refractivity contribution in [2.24, 2.45) is 0 Å². The second-order valence-corrected chi connectivity index (χ2v) is 6.12.